The molecule has 0 fully saturated rings. The van der Waals surface area contributed by atoms with Gasteiger partial charge in [0.25, 0.3) is 0 Å². The van der Waals surface area contributed by atoms with E-state index in [-0.39, 0.29) is 11.8 Å². The number of halogens is 1. The van der Waals surface area contributed by atoms with Gasteiger partial charge in [0.2, 0.25) is 5.95 Å². The minimum atomic E-state index is -0.264. The van der Waals surface area contributed by atoms with E-state index in [0.717, 1.165) is 27.7 Å². The van der Waals surface area contributed by atoms with Crippen molar-refractivity contribution in [3.63, 3.8) is 0 Å². The van der Waals surface area contributed by atoms with Crippen molar-refractivity contribution in [2.24, 2.45) is 7.05 Å². The highest BCUT2D eigenvalue weighted by atomic mass is 19.1. The third-order valence-electron chi connectivity index (χ3n) is 3.20. The van der Waals surface area contributed by atoms with E-state index < -0.39 is 0 Å². The number of nitrogen functional groups attached to an aromatic ring is 1. The Labute approximate surface area is 109 Å². The molecule has 0 unspecified atom stereocenters. The summed E-state index contributed by atoms with van der Waals surface area (Å²) in [5.74, 6) is -0.0476. The molecule has 0 saturated heterocycles. The van der Waals surface area contributed by atoms with E-state index in [2.05, 4.69) is 9.97 Å². The summed E-state index contributed by atoms with van der Waals surface area (Å²) in [6.07, 6.45) is 3.61. The van der Waals surface area contributed by atoms with Gasteiger partial charge in [0.15, 0.2) is 0 Å². The summed E-state index contributed by atoms with van der Waals surface area (Å²) in [5, 5.41) is 0.823. The van der Waals surface area contributed by atoms with E-state index in [1.165, 1.54) is 12.1 Å². The Morgan fingerprint density at radius 2 is 2.11 bits per heavy atom. The van der Waals surface area contributed by atoms with Crippen molar-refractivity contribution in [1.82, 2.24) is 14.5 Å². The number of aryl methyl sites for hydroxylation is 2. The van der Waals surface area contributed by atoms with Gasteiger partial charge in [-0.25, -0.2) is 14.4 Å². The SMILES string of the molecule is Cc1cnc(N)nc1-c1cn(C)c2ccc(F)cc12. The quantitative estimate of drug-likeness (QED) is 0.728. The van der Waals surface area contributed by atoms with Gasteiger partial charge in [0.1, 0.15) is 5.82 Å². The molecule has 19 heavy (non-hydrogen) atoms. The lowest BCUT2D eigenvalue weighted by atomic mass is 10.1. The number of hydrogen-bond donors (Lipinski definition) is 1. The van der Waals surface area contributed by atoms with E-state index in [0.29, 0.717) is 0 Å². The average Bonchev–Trinajstić information content (AvgIpc) is 2.69. The lowest BCUT2D eigenvalue weighted by molar-refractivity contribution is 0.629. The van der Waals surface area contributed by atoms with Crippen molar-refractivity contribution in [2.45, 2.75) is 6.92 Å². The van der Waals surface area contributed by atoms with Crippen LogP contribution in [0.1, 0.15) is 5.56 Å². The third-order valence-corrected chi connectivity index (χ3v) is 3.20. The Balaban J connectivity index is 2.36. The van der Waals surface area contributed by atoms with Crippen LogP contribution in [0.15, 0.2) is 30.6 Å². The summed E-state index contributed by atoms with van der Waals surface area (Å²) >= 11 is 0. The number of nitrogens with zero attached hydrogens (tertiary/aromatic N) is 3. The molecule has 96 valence electrons. The van der Waals surface area contributed by atoms with Crippen LogP contribution in [0.2, 0.25) is 0 Å². The van der Waals surface area contributed by atoms with Crippen molar-refractivity contribution >= 4 is 16.9 Å². The van der Waals surface area contributed by atoms with Crippen LogP contribution in [0.25, 0.3) is 22.2 Å². The molecule has 2 heterocycles. The van der Waals surface area contributed by atoms with Crippen molar-refractivity contribution in [3.05, 3.63) is 42.0 Å². The summed E-state index contributed by atoms with van der Waals surface area (Å²) < 4.78 is 15.4. The van der Waals surface area contributed by atoms with Crippen LogP contribution in [-0.2, 0) is 7.05 Å². The fraction of sp³-hybridized carbons (Fsp3) is 0.143. The van der Waals surface area contributed by atoms with Crippen LogP contribution in [0.4, 0.5) is 10.3 Å². The Morgan fingerprint density at radius 1 is 1.32 bits per heavy atom. The molecule has 0 saturated carbocycles. The van der Waals surface area contributed by atoms with Crippen molar-refractivity contribution in [2.75, 3.05) is 5.73 Å². The second kappa shape index (κ2) is 4.05. The third kappa shape index (κ3) is 1.83. The van der Waals surface area contributed by atoms with Gasteiger partial charge in [0, 0.05) is 35.9 Å². The molecule has 3 rings (SSSR count). The smallest absolute Gasteiger partial charge is 0.220 e. The maximum absolute atomic E-state index is 13.5. The number of nitrogens with two attached hydrogens (primary N) is 1. The topological polar surface area (TPSA) is 56.7 Å². The second-order valence-corrected chi connectivity index (χ2v) is 4.57. The molecule has 0 spiro atoms. The first-order valence-electron chi connectivity index (χ1n) is 5.90. The fourth-order valence-electron chi connectivity index (χ4n) is 2.28. The first-order chi connectivity index (χ1) is 9.06. The summed E-state index contributed by atoms with van der Waals surface area (Å²) in [6, 6.07) is 4.73. The first-order valence-corrected chi connectivity index (χ1v) is 5.90. The van der Waals surface area contributed by atoms with Gasteiger partial charge in [-0.15, -0.1) is 0 Å². The Bertz CT molecular complexity index is 776. The highest BCUT2D eigenvalue weighted by Gasteiger charge is 2.13. The van der Waals surface area contributed by atoms with Gasteiger partial charge < -0.3 is 10.3 Å². The monoisotopic (exact) mass is 256 g/mol. The normalized spacial score (nSPS) is 11.1. The van der Waals surface area contributed by atoms with Crippen molar-refractivity contribution < 1.29 is 4.39 Å². The molecule has 4 nitrogen and oxygen atoms in total. The van der Waals surface area contributed by atoms with Gasteiger partial charge in [-0.2, -0.15) is 0 Å². The highest BCUT2D eigenvalue weighted by molar-refractivity contribution is 5.95. The van der Waals surface area contributed by atoms with E-state index in [1.807, 2.05) is 24.7 Å². The van der Waals surface area contributed by atoms with Crippen LogP contribution in [0.3, 0.4) is 0 Å². The number of rotatable bonds is 1. The molecular formula is C14H13FN4. The Kier molecular flexibility index (Phi) is 2.48. The number of fused-ring (bicyclic) bond motifs is 1. The predicted molar refractivity (Wildman–Crippen MR) is 73.1 cm³/mol. The Morgan fingerprint density at radius 3 is 2.89 bits per heavy atom. The summed E-state index contributed by atoms with van der Waals surface area (Å²) in [4.78, 5) is 8.22. The molecule has 2 aromatic heterocycles. The summed E-state index contributed by atoms with van der Waals surface area (Å²) in [5.41, 5.74) is 9.11. The molecule has 0 amide bonds. The highest BCUT2D eigenvalue weighted by Crippen LogP contribution is 2.31. The van der Waals surface area contributed by atoms with Gasteiger partial charge in [-0.3, -0.25) is 0 Å². The molecule has 0 aliphatic heterocycles. The van der Waals surface area contributed by atoms with Crippen molar-refractivity contribution in [3.8, 4) is 11.3 Å². The van der Waals surface area contributed by atoms with Crippen LogP contribution < -0.4 is 5.73 Å². The standard InChI is InChI=1S/C14H13FN4/c1-8-6-17-14(16)18-13(8)11-7-19(2)12-4-3-9(15)5-10(11)12/h3-7H,1-2H3,(H2,16,17,18). The molecular weight excluding hydrogens is 243 g/mol. The molecule has 0 bridgehead atoms. The van der Waals surface area contributed by atoms with E-state index in [1.54, 1.807) is 12.3 Å². The summed E-state index contributed by atoms with van der Waals surface area (Å²) in [7, 11) is 1.92. The van der Waals surface area contributed by atoms with Crippen LogP contribution in [-0.4, -0.2) is 14.5 Å². The first kappa shape index (κ1) is 11.6. The number of benzene rings is 1. The minimum absolute atomic E-state index is 0.217. The maximum Gasteiger partial charge on any atom is 0.220 e. The summed E-state index contributed by atoms with van der Waals surface area (Å²) in [6.45, 7) is 1.91. The van der Waals surface area contributed by atoms with E-state index in [9.17, 15) is 4.39 Å². The molecule has 0 atom stereocenters. The van der Waals surface area contributed by atoms with Crippen molar-refractivity contribution in [1.29, 1.82) is 0 Å². The largest absolute Gasteiger partial charge is 0.368 e. The Hall–Kier alpha value is -2.43. The maximum atomic E-state index is 13.5. The van der Waals surface area contributed by atoms with Gasteiger partial charge in [-0.1, -0.05) is 0 Å². The number of hydrogen-bond acceptors (Lipinski definition) is 3. The molecule has 5 heteroatoms. The molecule has 0 aliphatic rings. The lowest BCUT2D eigenvalue weighted by Gasteiger charge is -2.04. The van der Waals surface area contributed by atoms with Gasteiger partial charge in [0.05, 0.1) is 5.69 Å². The molecule has 0 radical (unpaired) electrons. The minimum Gasteiger partial charge on any atom is -0.368 e. The zero-order valence-corrected chi connectivity index (χ0v) is 10.7. The number of anilines is 1. The molecule has 2 N–H and O–H groups in total. The predicted octanol–water partition coefficient (Wildman–Crippen LogP) is 2.67. The van der Waals surface area contributed by atoms with Crippen LogP contribution >= 0.6 is 0 Å². The average molecular weight is 256 g/mol. The van der Waals surface area contributed by atoms with E-state index >= 15 is 0 Å². The zero-order valence-electron chi connectivity index (χ0n) is 10.7. The molecule has 0 aliphatic carbocycles. The second-order valence-electron chi connectivity index (χ2n) is 4.57. The van der Waals surface area contributed by atoms with Crippen LogP contribution in [0.5, 0.6) is 0 Å². The van der Waals surface area contributed by atoms with Crippen LogP contribution in [0, 0.1) is 12.7 Å². The fourth-order valence-corrected chi connectivity index (χ4v) is 2.28. The lowest BCUT2D eigenvalue weighted by Crippen LogP contribution is -1.97. The number of aromatic nitrogens is 3. The van der Waals surface area contributed by atoms with Gasteiger partial charge >= 0.3 is 0 Å². The van der Waals surface area contributed by atoms with E-state index in [4.69, 9.17) is 5.73 Å². The molecule has 3 aromatic rings. The zero-order chi connectivity index (χ0) is 13.6. The van der Waals surface area contributed by atoms with Gasteiger partial charge in [-0.05, 0) is 30.7 Å². The molecule has 1 aromatic carbocycles.